The number of hydrogen-bond acceptors (Lipinski definition) is 1. The third-order valence-corrected chi connectivity index (χ3v) is 4.50. The van der Waals surface area contributed by atoms with Crippen molar-refractivity contribution in [2.45, 2.75) is 38.6 Å². The van der Waals surface area contributed by atoms with E-state index >= 15 is 0 Å². The normalized spacial score (nSPS) is 55.2. The van der Waals surface area contributed by atoms with E-state index in [-0.39, 0.29) is 0 Å². The van der Waals surface area contributed by atoms with Crippen molar-refractivity contribution in [1.82, 2.24) is 5.32 Å². The summed E-state index contributed by atoms with van der Waals surface area (Å²) in [6, 6.07) is 0.916. The maximum atomic E-state index is 3.70. The molecular weight excluding hydrogens is 146 g/mol. The van der Waals surface area contributed by atoms with Gasteiger partial charge in [0.1, 0.15) is 0 Å². The fraction of sp³-hybridized carbons (Fsp3) is 1.00. The number of nitrogens with one attached hydrogen (secondary N) is 1. The molecule has 0 saturated heterocycles. The van der Waals surface area contributed by atoms with Crippen LogP contribution < -0.4 is 5.32 Å². The van der Waals surface area contributed by atoms with Crippen LogP contribution in [0.25, 0.3) is 0 Å². The zero-order valence-corrected chi connectivity index (χ0v) is 7.92. The van der Waals surface area contributed by atoms with Crippen molar-refractivity contribution in [3.05, 3.63) is 0 Å². The van der Waals surface area contributed by atoms with Gasteiger partial charge in [0.05, 0.1) is 0 Å². The summed E-state index contributed by atoms with van der Waals surface area (Å²) >= 11 is 0. The fourth-order valence-electron chi connectivity index (χ4n) is 4.29. The van der Waals surface area contributed by atoms with Crippen molar-refractivity contribution >= 4 is 0 Å². The highest BCUT2D eigenvalue weighted by Gasteiger charge is 2.53. The van der Waals surface area contributed by atoms with E-state index in [0.717, 1.165) is 29.7 Å². The summed E-state index contributed by atoms with van der Waals surface area (Å²) in [6.07, 6.45) is 6.23. The van der Waals surface area contributed by atoms with Crippen LogP contribution in [0.15, 0.2) is 0 Å². The Labute approximate surface area is 74.9 Å². The number of rotatable bonds is 2. The largest absolute Gasteiger partial charge is 0.314 e. The average Bonchev–Trinajstić information content (AvgIpc) is 2.46. The van der Waals surface area contributed by atoms with Gasteiger partial charge >= 0.3 is 0 Å². The molecule has 1 heteroatoms. The predicted molar refractivity (Wildman–Crippen MR) is 49.9 cm³/mol. The smallest absolute Gasteiger partial charge is 0.0126 e. The van der Waals surface area contributed by atoms with E-state index in [1.165, 1.54) is 6.54 Å². The molecule has 4 aliphatic carbocycles. The van der Waals surface area contributed by atoms with Gasteiger partial charge < -0.3 is 5.32 Å². The molecule has 0 heterocycles. The second-order valence-corrected chi connectivity index (χ2v) is 5.08. The quantitative estimate of drug-likeness (QED) is 0.660. The maximum Gasteiger partial charge on any atom is 0.0126 e. The van der Waals surface area contributed by atoms with Crippen LogP contribution in [0.1, 0.15) is 32.6 Å². The van der Waals surface area contributed by atoms with Crippen molar-refractivity contribution in [1.29, 1.82) is 0 Å². The molecule has 4 rings (SSSR count). The van der Waals surface area contributed by atoms with Crippen LogP contribution >= 0.6 is 0 Å². The molecule has 0 spiro atoms. The van der Waals surface area contributed by atoms with Gasteiger partial charge in [0, 0.05) is 6.04 Å². The van der Waals surface area contributed by atoms with Crippen molar-refractivity contribution in [2.75, 3.05) is 6.54 Å². The maximum absolute atomic E-state index is 3.70. The first-order valence-electron chi connectivity index (χ1n) is 5.62. The molecule has 4 saturated carbocycles. The average molecular weight is 165 g/mol. The van der Waals surface area contributed by atoms with E-state index in [9.17, 15) is 0 Å². The molecular formula is C11H19N. The van der Waals surface area contributed by atoms with Crippen molar-refractivity contribution in [3.63, 3.8) is 0 Å². The van der Waals surface area contributed by atoms with Crippen molar-refractivity contribution in [3.8, 4) is 0 Å². The Hall–Kier alpha value is -0.0400. The lowest BCUT2D eigenvalue weighted by molar-refractivity contribution is 0.222. The molecule has 12 heavy (non-hydrogen) atoms. The van der Waals surface area contributed by atoms with Crippen LogP contribution in [0.5, 0.6) is 0 Å². The molecule has 4 aliphatic rings. The summed E-state index contributed by atoms with van der Waals surface area (Å²) in [5.74, 6) is 4.40. The predicted octanol–water partition coefficient (Wildman–Crippen LogP) is 2.03. The van der Waals surface area contributed by atoms with Crippen LogP contribution in [-0.2, 0) is 0 Å². The highest BCUT2D eigenvalue weighted by Crippen LogP contribution is 2.57. The highest BCUT2D eigenvalue weighted by molar-refractivity contribution is 5.06. The molecule has 0 aliphatic heterocycles. The third kappa shape index (κ3) is 0.834. The van der Waals surface area contributed by atoms with E-state index < -0.39 is 0 Å². The fourth-order valence-corrected chi connectivity index (χ4v) is 4.29. The van der Waals surface area contributed by atoms with Gasteiger partial charge in [-0.2, -0.15) is 0 Å². The topological polar surface area (TPSA) is 12.0 Å². The lowest BCUT2D eigenvalue weighted by Gasteiger charge is -2.32. The van der Waals surface area contributed by atoms with Crippen LogP contribution in [-0.4, -0.2) is 12.6 Å². The van der Waals surface area contributed by atoms with Crippen molar-refractivity contribution < 1.29 is 0 Å². The Morgan fingerprint density at radius 1 is 1.08 bits per heavy atom. The zero-order chi connectivity index (χ0) is 8.13. The molecule has 68 valence electrons. The SMILES string of the molecule is CCNC1C2CC3CC(C2)C1C3. The second kappa shape index (κ2) is 2.47. The standard InChI is InChI=1S/C11H19N/c1-2-12-11-9-4-7-3-8(6-9)10(11)5-7/h7-12H,2-6H2,1H3. The molecule has 0 aromatic rings. The summed E-state index contributed by atoms with van der Waals surface area (Å²) in [6.45, 7) is 3.42. The molecule has 1 N–H and O–H groups in total. The second-order valence-electron chi connectivity index (χ2n) is 5.08. The van der Waals surface area contributed by atoms with Gasteiger partial charge in [-0.05, 0) is 55.9 Å². The van der Waals surface area contributed by atoms with Gasteiger partial charge in [0.15, 0.2) is 0 Å². The first-order chi connectivity index (χ1) is 5.88. The van der Waals surface area contributed by atoms with E-state index in [0.29, 0.717) is 0 Å². The molecule has 0 aromatic heterocycles. The monoisotopic (exact) mass is 165 g/mol. The van der Waals surface area contributed by atoms with Crippen LogP contribution in [0.2, 0.25) is 0 Å². The molecule has 0 radical (unpaired) electrons. The first-order valence-corrected chi connectivity index (χ1v) is 5.62. The van der Waals surface area contributed by atoms with Crippen LogP contribution in [0.4, 0.5) is 0 Å². The minimum atomic E-state index is 0.916. The van der Waals surface area contributed by atoms with E-state index in [1.807, 2.05) is 0 Å². The summed E-state index contributed by atoms with van der Waals surface area (Å²) in [5.41, 5.74) is 0. The third-order valence-electron chi connectivity index (χ3n) is 4.50. The lowest BCUT2D eigenvalue weighted by Crippen LogP contribution is -2.40. The summed E-state index contributed by atoms with van der Waals surface area (Å²) < 4.78 is 0. The van der Waals surface area contributed by atoms with Gasteiger partial charge in [0.25, 0.3) is 0 Å². The Morgan fingerprint density at radius 2 is 1.92 bits per heavy atom. The lowest BCUT2D eigenvalue weighted by atomic mass is 9.79. The minimum absolute atomic E-state index is 0.916. The summed E-state index contributed by atoms with van der Waals surface area (Å²) in [7, 11) is 0. The van der Waals surface area contributed by atoms with Gasteiger partial charge in [-0.15, -0.1) is 0 Å². The zero-order valence-electron chi connectivity index (χ0n) is 7.92. The highest BCUT2D eigenvalue weighted by atomic mass is 14.9. The Morgan fingerprint density at radius 3 is 2.67 bits per heavy atom. The molecule has 5 atom stereocenters. The Balaban J connectivity index is 1.81. The van der Waals surface area contributed by atoms with Crippen LogP contribution in [0.3, 0.4) is 0 Å². The molecule has 5 unspecified atom stereocenters. The first kappa shape index (κ1) is 7.37. The van der Waals surface area contributed by atoms with E-state index in [1.54, 1.807) is 25.7 Å². The Bertz CT molecular complexity index is 185. The van der Waals surface area contributed by atoms with Gasteiger partial charge in [0.2, 0.25) is 0 Å². The van der Waals surface area contributed by atoms with Gasteiger partial charge in [-0.25, -0.2) is 0 Å². The van der Waals surface area contributed by atoms with E-state index in [4.69, 9.17) is 0 Å². The summed E-state index contributed by atoms with van der Waals surface area (Å²) in [5, 5.41) is 3.70. The van der Waals surface area contributed by atoms with Crippen molar-refractivity contribution in [2.24, 2.45) is 23.7 Å². The van der Waals surface area contributed by atoms with E-state index in [2.05, 4.69) is 12.2 Å². The molecule has 0 aromatic carbocycles. The number of hydrogen-bond donors (Lipinski definition) is 1. The summed E-state index contributed by atoms with van der Waals surface area (Å²) in [4.78, 5) is 0. The Kier molecular flexibility index (Phi) is 1.52. The molecule has 4 fully saturated rings. The molecule has 1 nitrogen and oxygen atoms in total. The van der Waals surface area contributed by atoms with Gasteiger partial charge in [-0.1, -0.05) is 6.92 Å². The van der Waals surface area contributed by atoms with Gasteiger partial charge in [-0.3, -0.25) is 0 Å². The minimum Gasteiger partial charge on any atom is -0.314 e. The molecule has 0 amide bonds. The molecule has 4 bridgehead atoms. The van der Waals surface area contributed by atoms with Crippen LogP contribution in [0, 0.1) is 23.7 Å².